The highest BCUT2D eigenvalue weighted by Crippen LogP contribution is 2.25. The number of aromatic nitrogens is 2. The molecule has 8 heteroatoms. The molecule has 25 heavy (non-hydrogen) atoms. The van der Waals surface area contributed by atoms with Gasteiger partial charge in [0, 0.05) is 22.9 Å². The van der Waals surface area contributed by atoms with Crippen molar-refractivity contribution in [1.82, 2.24) is 9.55 Å². The molecule has 5 nitrogen and oxygen atoms in total. The Morgan fingerprint density at radius 1 is 1.40 bits per heavy atom. The van der Waals surface area contributed by atoms with E-state index in [4.69, 9.17) is 11.6 Å². The Labute approximate surface area is 152 Å². The molecule has 0 fully saturated rings. The van der Waals surface area contributed by atoms with Crippen LogP contribution in [-0.2, 0) is 11.3 Å². The van der Waals surface area contributed by atoms with Crippen LogP contribution in [0.25, 0.3) is 10.2 Å². The van der Waals surface area contributed by atoms with Crippen molar-refractivity contribution in [1.29, 1.82) is 0 Å². The molecule has 0 aliphatic heterocycles. The lowest BCUT2D eigenvalue weighted by molar-refractivity contribution is -0.116. The number of carbonyl (C=O) groups is 1. The van der Waals surface area contributed by atoms with Gasteiger partial charge in [-0.05, 0) is 37.6 Å². The third-order valence-corrected chi connectivity index (χ3v) is 5.29. The molecular formula is C17H15ClFN3O2S. The van der Waals surface area contributed by atoms with E-state index >= 15 is 0 Å². The molecule has 2 aromatic heterocycles. The Bertz CT molecular complexity index is 1030. The second kappa shape index (κ2) is 6.93. The number of aryl methyl sites for hydroxylation is 3. The van der Waals surface area contributed by atoms with Gasteiger partial charge in [0.25, 0.3) is 5.56 Å². The van der Waals surface area contributed by atoms with Crippen molar-refractivity contribution >= 4 is 44.7 Å². The van der Waals surface area contributed by atoms with E-state index in [2.05, 4.69) is 10.3 Å². The Morgan fingerprint density at radius 2 is 2.16 bits per heavy atom. The van der Waals surface area contributed by atoms with E-state index in [1.54, 1.807) is 0 Å². The second-order valence-corrected chi connectivity index (χ2v) is 7.27. The molecule has 0 spiro atoms. The van der Waals surface area contributed by atoms with Crippen LogP contribution in [0.1, 0.15) is 16.9 Å². The molecule has 3 rings (SSSR count). The quantitative estimate of drug-likeness (QED) is 0.747. The van der Waals surface area contributed by atoms with Gasteiger partial charge in [0.05, 0.1) is 17.4 Å². The van der Waals surface area contributed by atoms with Crippen LogP contribution in [0.5, 0.6) is 0 Å². The van der Waals surface area contributed by atoms with Gasteiger partial charge in [-0.15, -0.1) is 11.3 Å². The van der Waals surface area contributed by atoms with E-state index in [0.29, 0.717) is 10.2 Å². The normalized spacial score (nSPS) is 11.0. The zero-order chi connectivity index (χ0) is 18.1. The van der Waals surface area contributed by atoms with Crippen molar-refractivity contribution in [3.8, 4) is 0 Å². The number of thiophene rings is 1. The van der Waals surface area contributed by atoms with Gasteiger partial charge < -0.3 is 5.32 Å². The van der Waals surface area contributed by atoms with Crippen LogP contribution < -0.4 is 10.9 Å². The van der Waals surface area contributed by atoms with Gasteiger partial charge in [-0.25, -0.2) is 9.37 Å². The lowest BCUT2D eigenvalue weighted by atomic mass is 10.2. The number of carbonyl (C=O) groups excluding carboxylic acids is 1. The molecule has 0 aliphatic carbocycles. The second-order valence-electron chi connectivity index (χ2n) is 5.63. The fourth-order valence-electron chi connectivity index (χ4n) is 2.45. The number of benzene rings is 1. The number of anilines is 1. The summed E-state index contributed by atoms with van der Waals surface area (Å²) in [6.07, 6.45) is 1.47. The maximum atomic E-state index is 13.7. The number of fused-ring (bicyclic) bond motifs is 1. The van der Waals surface area contributed by atoms with Crippen LogP contribution in [0, 0.1) is 19.7 Å². The van der Waals surface area contributed by atoms with Gasteiger partial charge in [0.2, 0.25) is 5.91 Å². The number of rotatable bonds is 4. The molecule has 0 aliphatic rings. The minimum atomic E-state index is -0.606. The number of nitrogens with zero attached hydrogens (tertiary/aromatic N) is 2. The maximum absolute atomic E-state index is 13.7. The monoisotopic (exact) mass is 379 g/mol. The van der Waals surface area contributed by atoms with E-state index in [-0.39, 0.29) is 29.2 Å². The fraction of sp³-hybridized carbons (Fsp3) is 0.235. The summed E-state index contributed by atoms with van der Waals surface area (Å²) in [5.41, 5.74) is 0.802. The third-order valence-electron chi connectivity index (χ3n) is 3.94. The number of amides is 1. The van der Waals surface area contributed by atoms with Gasteiger partial charge in [0.1, 0.15) is 10.6 Å². The Morgan fingerprint density at radius 3 is 2.88 bits per heavy atom. The third kappa shape index (κ3) is 3.57. The fourth-order valence-corrected chi connectivity index (χ4v) is 3.60. The molecule has 3 aromatic rings. The highest BCUT2D eigenvalue weighted by Gasteiger charge is 2.13. The molecule has 0 radical (unpaired) electrons. The van der Waals surface area contributed by atoms with Crippen molar-refractivity contribution in [3.63, 3.8) is 0 Å². The number of nitrogens with one attached hydrogen (secondary N) is 1. The topological polar surface area (TPSA) is 64.0 Å². The molecular weight excluding hydrogens is 365 g/mol. The van der Waals surface area contributed by atoms with Gasteiger partial charge in [-0.1, -0.05) is 11.6 Å². The van der Waals surface area contributed by atoms with Crippen molar-refractivity contribution in [2.75, 3.05) is 5.32 Å². The van der Waals surface area contributed by atoms with Crippen LogP contribution in [-0.4, -0.2) is 15.5 Å². The van der Waals surface area contributed by atoms with E-state index < -0.39 is 11.7 Å². The van der Waals surface area contributed by atoms with Crippen LogP contribution >= 0.6 is 22.9 Å². The zero-order valence-corrected chi connectivity index (χ0v) is 15.2. The molecule has 130 valence electrons. The molecule has 0 unspecified atom stereocenters. The summed E-state index contributed by atoms with van der Waals surface area (Å²) in [7, 11) is 0. The average Bonchev–Trinajstić information content (AvgIpc) is 2.85. The first-order chi connectivity index (χ1) is 11.9. The summed E-state index contributed by atoms with van der Waals surface area (Å²) in [6.45, 7) is 3.99. The van der Waals surface area contributed by atoms with E-state index in [1.165, 1.54) is 34.4 Å². The number of halogens is 2. The van der Waals surface area contributed by atoms with Crippen LogP contribution in [0.4, 0.5) is 10.1 Å². The van der Waals surface area contributed by atoms with E-state index in [1.807, 2.05) is 13.8 Å². The summed E-state index contributed by atoms with van der Waals surface area (Å²) in [4.78, 5) is 30.6. The molecule has 1 aromatic carbocycles. The summed E-state index contributed by atoms with van der Waals surface area (Å²) in [5, 5.41) is 3.32. The smallest absolute Gasteiger partial charge is 0.262 e. The summed E-state index contributed by atoms with van der Waals surface area (Å²) < 4.78 is 15.1. The average molecular weight is 380 g/mol. The largest absolute Gasteiger partial charge is 0.324 e. The Balaban J connectivity index is 1.74. The highest BCUT2D eigenvalue weighted by molar-refractivity contribution is 7.18. The van der Waals surface area contributed by atoms with Crippen molar-refractivity contribution in [2.45, 2.75) is 26.8 Å². The van der Waals surface area contributed by atoms with Crippen LogP contribution in [0.15, 0.2) is 29.3 Å². The van der Waals surface area contributed by atoms with Crippen molar-refractivity contribution < 1.29 is 9.18 Å². The molecule has 0 atom stereocenters. The molecule has 2 heterocycles. The minimum absolute atomic E-state index is 0.0251. The van der Waals surface area contributed by atoms with Gasteiger partial charge >= 0.3 is 0 Å². The molecule has 1 N–H and O–H groups in total. The standard InChI is InChI=1S/C17H15ClFN3O2S/c1-9-10(2)25-16-15(9)17(24)22(8-20-16)6-5-14(23)21-13-4-3-11(18)7-12(13)19/h3-4,7-8H,5-6H2,1-2H3,(H,21,23). The first-order valence-electron chi connectivity index (χ1n) is 7.57. The summed E-state index contributed by atoms with van der Waals surface area (Å²) in [6, 6.07) is 4.01. The van der Waals surface area contributed by atoms with Crippen molar-refractivity contribution in [2.24, 2.45) is 0 Å². The SMILES string of the molecule is Cc1sc2ncn(CCC(=O)Nc3ccc(Cl)cc3F)c(=O)c2c1C. The summed E-state index contributed by atoms with van der Waals surface area (Å²) in [5.74, 6) is -1.00. The van der Waals surface area contributed by atoms with Gasteiger partial charge in [-0.3, -0.25) is 14.2 Å². The molecule has 1 amide bonds. The predicted octanol–water partition coefficient (Wildman–Crippen LogP) is 3.90. The van der Waals surface area contributed by atoms with Crippen molar-refractivity contribution in [3.05, 3.63) is 56.2 Å². The zero-order valence-electron chi connectivity index (χ0n) is 13.6. The Kier molecular flexibility index (Phi) is 4.87. The first kappa shape index (κ1) is 17.6. The minimum Gasteiger partial charge on any atom is -0.324 e. The van der Waals surface area contributed by atoms with Crippen LogP contribution in [0.3, 0.4) is 0 Å². The van der Waals surface area contributed by atoms with Gasteiger partial charge in [0.15, 0.2) is 0 Å². The van der Waals surface area contributed by atoms with E-state index in [0.717, 1.165) is 16.5 Å². The lowest BCUT2D eigenvalue weighted by Gasteiger charge is -2.08. The number of hydrogen-bond acceptors (Lipinski definition) is 4. The molecule has 0 saturated carbocycles. The predicted molar refractivity (Wildman–Crippen MR) is 98.0 cm³/mol. The highest BCUT2D eigenvalue weighted by atomic mass is 35.5. The van der Waals surface area contributed by atoms with E-state index in [9.17, 15) is 14.0 Å². The molecule has 0 bridgehead atoms. The molecule has 0 saturated heterocycles. The number of hydrogen-bond donors (Lipinski definition) is 1. The maximum Gasteiger partial charge on any atom is 0.262 e. The lowest BCUT2D eigenvalue weighted by Crippen LogP contribution is -2.23. The first-order valence-corrected chi connectivity index (χ1v) is 8.76. The summed E-state index contributed by atoms with van der Waals surface area (Å²) >= 11 is 7.15. The van der Waals surface area contributed by atoms with Crippen LogP contribution in [0.2, 0.25) is 5.02 Å². The van der Waals surface area contributed by atoms with Gasteiger partial charge in [-0.2, -0.15) is 0 Å². The Hall–Kier alpha value is -2.25.